The molecule has 1 aliphatic heterocycles. The minimum atomic E-state index is -0.107. The number of piperazine rings is 1. The minimum Gasteiger partial charge on any atom is -0.354 e. The molecule has 7 heteroatoms. The highest BCUT2D eigenvalue weighted by atomic mass is 32.1. The van der Waals surface area contributed by atoms with E-state index in [1.54, 1.807) is 6.20 Å². The normalized spacial score (nSPS) is 14.7. The van der Waals surface area contributed by atoms with Gasteiger partial charge in [0.25, 0.3) is 5.91 Å². The highest BCUT2D eigenvalue weighted by Gasteiger charge is 2.16. The van der Waals surface area contributed by atoms with Crippen LogP contribution in [-0.2, 0) is 6.54 Å². The molecule has 0 aliphatic carbocycles. The highest BCUT2D eigenvalue weighted by molar-refractivity contribution is 7.16. The van der Waals surface area contributed by atoms with Gasteiger partial charge in [-0.2, -0.15) is 0 Å². The van der Waals surface area contributed by atoms with Crippen molar-refractivity contribution in [2.75, 3.05) is 37.6 Å². The first-order valence-corrected chi connectivity index (χ1v) is 10.8. The van der Waals surface area contributed by atoms with E-state index >= 15 is 0 Å². The van der Waals surface area contributed by atoms with E-state index in [0.717, 1.165) is 54.7 Å². The molecule has 1 amide bonds. The molecule has 6 nitrogen and oxygen atoms in total. The number of anilines is 1. The van der Waals surface area contributed by atoms with E-state index in [1.165, 1.54) is 11.3 Å². The fraction of sp³-hybridized carbons (Fsp3) is 0.318. The topological polar surface area (TPSA) is 61.4 Å². The molecular weight excluding hydrogens is 382 g/mol. The Morgan fingerprint density at radius 2 is 1.83 bits per heavy atom. The maximum absolute atomic E-state index is 12.5. The SMILES string of the molecule is CCN1CCN(c2ccc(CNC(=O)c3cnc(-c4ccccc4)s3)cn2)CC1. The third-order valence-electron chi connectivity index (χ3n) is 5.16. The molecule has 4 rings (SSSR count). The number of aromatic nitrogens is 2. The Hall–Kier alpha value is -2.77. The zero-order valence-electron chi connectivity index (χ0n) is 16.5. The average molecular weight is 408 g/mol. The van der Waals surface area contributed by atoms with E-state index in [-0.39, 0.29) is 5.91 Å². The van der Waals surface area contributed by atoms with Crippen LogP contribution in [0, 0.1) is 0 Å². The summed E-state index contributed by atoms with van der Waals surface area (Å²) in [4.78, 5) is 26.8. The third-order valence-corrected chi connectivity index (χ3v) is 6.20. The summed E-state index contributed by atoms with van der Waals surface area (Å²) < 4.78 is 0. The maximum Gasteiger partial charge on any atom is 0.263 e. The summed E-state index contributed by atoms with van der Waals surface area (Å²) in [6, 6.07) is 14.0. The van der Waals surface area contributed by atoms with Crippen LogP contribution < -0.4 is 10.2 Å². The predicted octanol–water partition coefficient (Wildman–Crippen LogP) is 3.28. The Morgan fingerprint density at radius 1 is 1.03 bits per heavy atom. The van der Waals surface area contributed by atoms with Crippen LogP contribution >= 0.6 is 11.3 Å². The van der Waals surface area contributed by atoms with E-state index in [4.69, 9.17) is 0 Å². The zero-order valence-corrected chi connectivity index (χ0v) is 17.4. The minimum absolute atomic E-state index is 0.107. The van der Waals surface area contributed by atoms with E-state index in [2.05, 4.69) is 32.0 Å². The summed E-state index contributed by atoms with van der Waals surface area (Å²) in [5.74, 6) is 0.898. The Labute approximate surface area is 175 Å². The van der Waals surface area contributed by atoms with Crippen molar-refractivity contribution in [3.8, 4) is 10.6 Å². The lowest BCUT2D eigenvalue weighted by atomic mass is 10.2. The van der Waals surface area contributed by atoms with Gasteiger partial charge >= 0.3 is 0 Å². The summed E-state index contributed by atoms with van der Waals surface area (Å²) in [6.07, 6.45) is 3.49. The monoisotopic (exact) mass is 407 g/mol. The summed E-state index contributed by atoms with van der Waals surface area (Å²) in [5, 5.41) is 3.82. The van der Waals surface area contributed by atoms with Crippen LogP contribution in [0.2, 0.25) is 0 Å². The number of benzene rings is 1. The lowest BCUT2D eigenvalue weighted by Crippen LogP contribution is -2.46. The number of nitrogens with one attached hydrogen (secondary N) is 1. The molecule has 1 saturated heterocycles. The van der Waals surface area contributed by atoms with E-state index in [1.807, 2.05) is 48.7 Å². The third kappa shape index (κ3) is 4.81. The molecule has 2 aromatic heterocycles. The Bertz CT molecular complexity index is 933. The van der Waals surface area contributed by atoms with Crippen molar-refractivity contribution >= 4 is 23.1 Å². The smallest absolute Gasteiger partial charge is 0.263 e. The molecular formula is C22H25N5OS. The molecule has 1 N–H and O–H groups in total. The van der Waals surface area contributed by atoms with Crippen LogP contribution in [0.15, 0.2) is 54.9 Å². The second kappa shape index (κ2) is 9.15. The fourth-order valence-corrected chi connectivity index (χ4v) is 4.20. The van der Waals surface area contributed by atoms with Crippen molar-refractivity contribution in [3.05, 3.63) is 65.3 Å². The van der Waals surface area contributed by atoms with Gasteiger partial charge in [-0.3, -0.25) is 4.79 Å². The second-order valence-electron chi connectivity index (χ2n) is 7.02. The van der Waals surface area contributed by atoms with E-state index < -0.39 is 0 Å². The maximum atomic E-state index is 12.5. The van der Waals surface area contributed by atoms with Gasteiger partial charge in [-0.15, -0.1) is 11.3 Å². The summed E-state index contributed by atoms with van der Waals surface area (Å²) in [5.41, 5.74) is 2.01. The van der Waals surface area contributed by atoms with Crippen molar-refractivity contribution < 1.29 is 4.79 Å². The number of rotatable bonds is 6. The predicted molar refractivity (Wildman–Crippen MR) is 117 cm³/mol. The first-order valence-electron chi connectivity index (χ1n) is 9.94. The van der Waals surface area contributed by atoms with Gasteiger partial charge in [-0.25, -0.2) is 9.97 Å². The molecule has 1 aromatic carbocycles. The van der Waals surface area contributed by atoms with Crippen LogP contribution in [0.4, 0.5) is 5.82 Å². The van der Waals surface area contributed by atoms with Crippen molar-refractivity contribution in [1.29, 1.82) is 0 Å². The first kappa shape index (κ1) is 19.5. The average Bonchev–Trinajstić information content (AvgIpc) is 3.29. The van der Waals surface area contributed by atoms with Crippen molar-refractivity contribution in [2.24, 2.45) is 0 Å². The number of carbonyl (C=O) groups excluding carboxylic acids is 1. The number of hydrogen-bond donors (Lipinski definition) is 1. The van der Waals surface area contributed by atoms with Crippen LogP contribution in [0.3, 0.4) is 0 Å². The number of thiazole rings is 1. The van der Waals surface area contributed by atoms with Crippen LogP contribution in [0.25, 0.3) is 10.6 Å². The lowest BCUT2D eigenvalue weighted by Gasteiger charge is -2.34. The van der Waals surface area contributed by atoms with Gasteiger partial charge in [-0.1, -0.05) is 43.3 Å². The fourth-order valence-electron chi connectivity index (χ4n) is 3.36. The van der Waals surface area contributed by atoms with Gasteiger partial charge in [-0.05, 0) is 18.2 Å². The number of pyridine rings is 1. The molecule has 0 bridgehead atoms. The first-order chi connectivity index (χ1) is 14.2. The zero-order chi connectivity index (χ0) is 20.1. The molecule has 1 aliphatic rings. The second-order valence-corrected chi connectivity index (χ2v) is 8.05. The highest BCUT2D eigenvalue weighted by Crippen LogP contribution is 2.24. The number of nitrogens with zero attached hydrogens (tertiary/aromatic N) is 4. The molecule has 0 atom stereocenters. The number of amides is 1. The van der Waals surface area contributed by atoms with Gasteiger partial charge in [0.15, 0.2) is 0 Å². The molecule has 0 unspecified atom stereocenters. The Morgan fingerprint density at radius 3 is 2.52 bits per heavy atom. The molecule has 1 fully saturated rings. The van der Waals surface area contributed by atoms with Crippen molar-refractivity contribution in [3.63, 3.8) is 0 Å². The summed E-state index contributed by atoms with van der Waals surface area (Å²) >= 11 is 1.40. The molecule has 29 heavy (non-hydrogen) atoms. The summed E-state index contributed by atoms with van der Waals surface area (Å²) in [6.45, 7) is 7.93. The number of likely N-dealkylation sites (N-methyl/N-ethyl adjacent to an activating group) is 1. The molecule has 3 heterocycles. The van der Waals surface area contributed by atoms with Gasteiger partial charge in [0.1, 0.15) is 15.7 Å². The quantitative estimate of drug-likeness (QED) is 0.680. The van der Waals surface area contributed by atoms with Crippen molar-refractivity contribution in [1.82, 2.24) is 20.2 Å². The molecule has 0 saturated carbocycles. The number of carbonyl (C=O) groups is 1. The van der Waals surface area contributed by atoms with E-state index in [9.17, 15) is 4.79 Å². The standard InChI is InChI=1S/C22H25N5OS/c1-2-26-10-12-27(13-11-26)20-9-8-17(14-23-20)15-24-21(28)19-16-25-22(29-19)18-6-4-3-5-7-18/h3-9,14,16H,2,10-13,15H2,1H3,(H,24,28). The van der Waals surface area contributed by atoms with Crippen LogP contribution in [-0.4, -0.2) is 53.5 Å². The van der Waals surface area contributed by atoms with E-state index in [0.29, 0.717) is 11.4 Å². The van der Waals surface area contributed by atoms with Crippen LogP contribution in [0.5, 0.6) is 0 Å². The van der Waals surface area contributed by atoms with Crippen molar-refractivity contribution in [2.45, 2.75) is 13.5 Å². The summed E-state index contributed by atoms with van der Waals surface area (Å²) in [7, 11) is 0. The largest absolute Gasteiger partial charge is 0.354 e. The van der Waals surface area contributed by atoms with Gasteiger partial charge in [0.05, 0.1) is 6.20 Å². The van der Waals surface area contributed by atoms with Gasteiger partial charge < -0.3 is 15.1 Å². The van der Waals surface area contributed by atoms with Crippen LogP contribution in [0.1, 0.15) is 22.2 Å². The van der Waals surface area contributed by atoms with Gasteiger partial charge in [0, 0.05) is 44.5 Å². The Kier molecular flexibility index (Phi) is 6.17. The van der Waals surface area contributed by atoms with Gasteiger partial charge in [0.2, 0.25) is 0 Å². The molecule has 3 aromatic rings. The number of hydrogen-bond acceptors (Lipinski definition) is 6. The Balaban J connectivity index is 1.31. The molecule has 0 spiro atoms. The molecule has 0 radical (unpaired) electrons. The molecule has 150 valence electrons. The lowest BCUT2D eigenvalue weighted by molar-refractivity contribution is 0.0954.